The molecule has 0 saturated carbocycles. The summed E-state index contributed by atoms with van der Waals surface area (Å²) >= 11 is 0. The minimum absolute atomic E-state index is 0.0496. The van der Waals surface area contributed by atoms with Gasteiger partial charge < -0.3 is 10.2 Å². The Morgan fingerprint density at radius 2 is 2.22 bits per heavy atom. The number of rotatable bonds is 6. The number of carbonyl (C=O) groups excluding carboxylic acids is 1. The van der Waals surface area contributed by atoms with Crippen molar-refractivity contribution in [2.75, 3.05) is 24.5 Å². The molecule has 0 spiro atoms. The Morgan fingerprint density at radius 1 is 1.35 bits per heavy atom. The van der Waals surface area contributed by atoms with Gasteiger partial charge in [0.05, 0.1) is 6.54 Å². The van der Waals surface area contributed by atoms with Gasteiger partial charge in [0.2, 0.25) is 11.9 Å². The molecule has 1 saturated heterocycles. The van der Waals surface area contributed by atoms with E-state index in [1.165, 1.54) is 6.33 Å². The molecule has 1 aliphatic rings. The normalized spacial score (nSPS) is 17.9. The number of piperidine rings is 1. The summed E-state index contributed by atoms with van der Waals surface area (Å²) in [7, 11) is 0. The van der Waals surface area contributed by atoms with E-state index in [0.29, 0.717) is 25.4 Å². The second-order valence-corrected chi connectivity index (χ2v) is 5.72. The van der Waals surface area contributed by atoms with Gasteiger partial charge in [0.15, 0.2) is 0 Å². The number of amides is 1. The molecule has 0 bridgehead atoms. The maximum Gasteiger partial charge on any atom is 0.225 e. The van der Waals surface area contributed by atoms with Crippen molar-refractivity contribution in [2.45, 2.75) is 25.8 Å². The van der Waals surface area contributed by atoms with Gasteiger partial charge in [0.1, 0.15) is 12.7 Å². The summed E-state index contributed by atoms with van der Waals surface area (Å²) in [5, 5.41) is 7.01. The molecule has 1 aliphatic heterocycles. The highest BCUT2D eigenvalue weighted by atomic mass is 16.1. The fraction of sp³-hybridized carbons (Fsp3) is 0.533. The molecule has 3 heterocycles. The number of nitrogens with zero attached hydrogens (tertiary/aromatic N) is 6. The second-order valence-electron chi connectivity index (χ2n) is 5.72. The second kappa shape index (κ2) is 7.66. The van der Waals surface area contributed by atoms with Crippen LogP contribution in [0.2, 0.25) is 0 Å². The Balaban J connectivity index is 1.42. The lowest BCUT2D eigenvalue weighted by atomic mass is 9.98. The van der Waals surface area contributed by atoms with Gasteiger partial charge in [0.25, 0.3) is 0 Å². The molecule has 1 fully saturated rings. The minimum atomic E-state index is 0.0496. The predicted molar refractivity (Wildman–Crippen MR) is 84.6 cm³/mol. The predicted octanol–water partition coefficient (Wildman–Crippen LogP) is 0.491. The third-order valence-corrected chi connectivity index (χ3v) is 3.98. The van der Waals surface area contributed by atoms with E-state index in [9.17, 15) is 4.79 Å². The summed E-state index contributed by atoms with van der Waals surface area (Å²) in [5.74, 6) is 1.26. The van der Waals surface area contributed by atoms with Crippen LogP contribution in [-0.4, -0.2) is 50.3 Å². The minimum Gasteiger partial charge on any atom is -0.356 e. The topological polar surface area (TPSA) is 88.8 Å². The molecule has 1 atom stereocenters. The van der Waals surface area contributed by atoms with Crippen molar-refractivity contribution in [3.05, 3.63) is 31.1 Å². The highest BCUT2D eigenvalue weighted by molar-refractivity contribution is 5.75. The van der Waals surface area contributed by atoms with Crippen LogP contribution >= 0.6 is 0 Å². The molecule has 0 unspecified atom stereocenters. The molecule has 0 aliphatic carbocycles. The van der Waals surface area contributed by atoms with Crippen molar-refractivity contribution in [3.63, 3.8) is 0 Å². The maximum absolute atomic E-state index is 11.9. The lowest BCUT2D eigenvalue weighted by Crippen LogP contribution is -2.41. The van der Waals surface area contributed by atoms with Crippen LogP contribution in [0, 0.1) is 5.92 Å². The maximum atomic E-state index is 11.9. The third-order valence-electron chi connectivity index (χ3n) is 3.98. The van der Waals surface area contributed by atoms with Gasteiger partial charge >= 0.3 is 0 Å². The number of aromatic nitrogens is 5. The SMILES string of the molecule is O=C(CCn1cncn1)NC[C@H]1CCCN(c2ncccn2)C1. The largest absolute Gasteiger partial charge is 0.356 e. The Labute approximate surface area is 135 Å². The van der Waals surface area contributed by atoms with Gasteiger partial charge in [-0.3, -0.25) is 9.48 Å². The fourth-order valence-corrected chi connectivity index (χ4v) is 2.78. The van der Waals surface area contributed by atoms with Crippen LogP contribution in [0.15, 0.2) is 31.1 Å². The first-order valence-electron chi connectivity index (χ1n) is 7.92. The Kier molecular flexibility index (Phi) is 5.13. The molecule has 8 nitrogen and oxygen atoms in total. The zero-order valence-corrected chi connectivity index (χ0v) is 13.0. The van der Waals surface area contributed by atoms with Crippen molar-refractivity contribution >= 4 is 11.9 Å². The molecule has 3 rings (SSSR count). The van der Waals surface area contributed by atoms with Crippen LogP contribution in [0.1, 0.15) is 19.3 Å². The average Bonchev–Trinajstić information content (AvgIpc) is 3.13. The molecule has 23 heavy (non-hydrogen) atoms. The number of nitrogens with one attached hydrogen (secondary N) is 1. The van der Waals surface area contributed by atoms with Gasteiger partial charge in [-0.1, -0.05) is 0 Å². The van der Waals surface area contributed by atoms with Gasteiger partial charge in [-0.2, -0.15) is 5.10 Å². The lowest BCUT2D eigenvalue weighted by Gasteiger charge is -2.32. The molecule has 1 N–H and O–H groups in total. The van der Waals surface area contributed by atoms with E-state index >= 15 is 0 Å². The summed E-state index contributed by atoms with van der Waals surface area (Å²) in [4.78, 5) is 26.6. The number of hydrogen-bond donors (Lipinski definition) is 1. The van der Waals surface area contributed by atoms with Gasteiger partial charge in [0, 0.05) is 38.4 Å². The molecule has 1 amide bonds. The summed E-state index contributed by atoms with van der Waals surface area (Å²) < 4.78 is 1.66. The summed E-state index contributed by atoms with van der Waals surface area (Å²) in [5.41, 5.74) is 0. The van der Waals surface area contributed by atoms with E-state index in [1.54, 1.807) is 23.4 Å². The van der Waals surface area contributed by atoms with E-state index in [0.717, 1.165) is 31.9 Å². The standard InChI is InChI=1S/C15H21N7O/c23-14(4-8-22-12-16-11-20-22)19-9-13-3-1-7-21(10-13)15-17-5-2-6-18-15/h2,5-6,11-13H,1,3-4,7-10H2,(H,19,23)/t13-/m1/s1. The molecule has 0 radical (unpaired) electrons. The molecule has 122 valence electrons. The van der Waals surface area contributed by atoms with Crippen LogP contribution in [0.25, 0.3) is 0 Å². The fourth-order valence-electron chi connectivity index (χ4n) is 2.78. The Hall–Kier alpha value is -2.51. The van der Waals surface area contributed by atoms with E-state index in [-0.39, 0.29) is 5.91 Å². The van der Waals surface area contributed by atoms with Gasteiger partial charge in [-0.15, -0.1) is 0 Å². The van der Waals surface area contributed by atoms with Crippen LogP contribution in [-0.2, 0) is 11.3 Å². The smallest absolute Gasteiger partial charge is 0.225 e. The highest BCUT2D eigenvalue weighted by Crippen LogP contribution is 2.19. The summed E-state index contributed by atoms with van der Waals surface area (Å²) in [6.07, 6.45) is 9.24. The Morgan fingerprint density at radius 3 is 3.00 bits per heavy atom. The first-order chi connectivity index (χ1) is 11.3. The van der Waals surface area contributed by atoms with Crippen LogP contribution < -0.4 is 10.2 Å². The third kappa shape index (κ3) is 4.48. The molecule has 8 heteroatoms. The van der Waals surface area contributed by atoms with Gasteiger partial charge in [-0.25, -0.2) is 15.0 Å². The average molecular weight is 315 g/mol. The van der Waals surface area contributed by atoms with Crippen molar-refractivity contribution in [1.29, 1.82) is 0 Å². The van der Waals surface area contributed by atoms with E-state index < -0.39 is 0 Å². The molecule has 2 aromatic rings. The number of anilines is 1. The summed E-state index contributed by atoms with van der Waals surface area (Å²) in [6.45, 7) is 3.11. The molecular formula is C15H21N7O. The quantitative estimate of drug-likeness (QED) is 0.834. The van der Waals surface area contributed by atoms with Crippen LogP contribution in [0.5, 0.6) is 0 Å². The van der Waals surface area contributed by atoms with Crippen LogP contribution in [0.4, 0.5) is 5.95 Å². The Bertz CT molecular complexity index is 602. The molecular weight excluding hydrogens is 294 g/mol. The highest BCUT2D eigenvalue weighted by Gasteiger charge is 2.21. The zero-order valence-electron chi connectivity index (χ0n) is 13.0. The monoisotopic (exact) mass is 315 g/mol. The van der Waals surface area contributed by atoms with E-state index in [1.807, 2.05) is 6.07 Å². The van der Waals surface area contributed by atoms with Crippen molar-refractivity contribution in [2.24, 2.45) is 5.92 Å². The first-order valence-corrected chi connectivity index (χ1v) is 7.92. The number of carbonyl (C=O) groups is 1. The number of hydrogen-bond acceptors (Lipinski definition) is 6. The molecule has 0 aromatic carbocycles. The van der Waals surface area contributed by atoms with Crippen molar-refractivity contribution in [3.8, 4) is 0 Å². The van der Waals surface area contributed by atoms with Crippen molar-refractivity contribution in [1.82, 2.24) is 30.0 Å². The lowest BCUT2D eigenvalue weighted by molar-refractivity contribution is -0.121. The number of aryl methyl sites for hydroxylation is 1. The van der Waals surface area contributed by atoms with Gasteiger partial charge in [-0.05, 0) is 24.8 Å². The van der Waals surface area contributed by atoms with Crippen LogP contribution in [0.3, 0.4) is 0 Å². The molecule has 2 aromatic heterocycles. The first kappa shape index (κ1) is 15.4. The van der Waals surface area contributed by atoms with E-state index in [2.05, 4.69) is 30.3 Å². The summed E-state index contributed by atoms with van der Waals surface area (Å²) in [6, 6.07) is 1.82. The zero-order chi connectivity index (χ0) is 15.9. The van der Waals surface area contributed by atoms with E-state index in [4.69, 9.17) is 0 Å². The van der Waals surface area contributed by atoms with Crippen molar-refractivity contribution < 1.29 is 4.79 Å².